The van der Waals surface area contributed by atoms with Crippen molar-refractivity contribution in [2.45, 2.75) is 37.5 Å². The maximum Gasteiger partial charge on any atom is 0.311 e. The summed E-state index contributed by atoms with van der Waals surface area (Å²) in [7, 11) is 1.20. The summed E-state index contributed by atoms with van der Waals surface area (Å²) in [6.07, 6.45) is -0.526. The summed E-state index contributed by atoms with van der Waals surface area (Å²) in [5.41, 5.74) is 4.76. The van der Waals surface area contributed by atoms with E-state index in [-0.39, 0.29) is 42.8 Å². The number of esters is 1. The van der Waals surface area contributed by atoms with Crippen LogP contribution in [0.2, 0.25) is 5.02 Å². The largest absolute Gasteiger partial charge is 0.507 e. The number of primary amides is 1. The van der Waals surface area contributed by atoms with Gasteiger partial charge in [0.25, 0.3) is 5.91 Å². The zero-order valence-electron chi connectivity index (χ0n) is 17.7. The smallest absolute Gasteiger partial charge is 0.311 e. The van der Waals surface area contributed by atoms with Crippen molar-refractivity contribution in [3.8, 4) is 11.8 Å². The van der Waals surface area contributed by atoms with Crippen molar-refractivity contribution in [2.75, 3.05) is 20.2 Å². The highest BCUT2D eigenvalue weighted by Gasteiger charge is 2.46. The Kier molecular flexibility index (Phi) is 7.62. The first-order valence-electron chi connectivity index (χ1n) is 9.97. The number of aromatic hydroxyl groups is 1. The molecule has 33 heavy (non-hydrogen) atoms. The molecule has 176 valence electrons. The van der Waals surface area contributed by atoms with Crippen molar-refractivity contribution < 1.29 is 23.8 Å². The third-order valence-electron chi connectivity index (χ3n) is 5.81. The van der Waals surface area contributed by atoms with Gasteiger partial charge < -0.3 is 15.6 Å². The molecular weight excluding hydrogens is 521 g/mol. The number of nitrogens with two attached hydrogens (primary N) is 1. The number of carbonyl (C=O) groups excluding carboxylic acids is 2. The number of methoxy groups -OCH3 is 1. The maximum atomic E-state index is 15.7. The third-order valence-corrected chi connectivity index (χ3v) is 6.80. The van der Waals surface area contributed by atoms with E-state index in [0.717, 1.165) is 0 Å². The summed E-state index contributed by atoms with van der Waals surface area (Å²) < 4.78 is 22.0. The summed E-state index contributed by atoms with van der Waals surface area (Å²) >= 11 is 9.46. The zero-order valence-corrected chi connectivity index (χ0v) is 20.1. The molecule has 0 spiro atoms. The number of aromatic nitrogens is 2. The first kappa shape index (κ1) is 25.0. The lowest BCUT2D eigenvalue weighted by Crippen LogP contribution is -2.54. The van der Waals surface area contributed by atoms with Crippen molar-refractivity contribution in [3.05, 3.63) is 44.6 Å². The van der Waals surface area contributed by atoms with Crippen LogP contribution in [0.15, 0.2) is 22.8 Å². The number of hydrogen-bond donors (Lipinski definition) is 2. The van der Waals surface area contributed by atoms with Crippen molar-refractivity contribution in [2.24, 2.45) is 5.73 Å². The molecule has 9 nitrogen and oxygen atoms in total. The van der Waals surface area contributed by atoms with Crippen molar-refractivity contribution in [3.63, 3.8) is 0 Å². The molecule has 12 heteroatoms. The fraction of sp³-hybridized carbons (Fsp3) is 0.429. The number of phenols is 1. The van der Waals surface area contributed by atoms with Crippen molar-refractivity contribution in [1.29, 1.82) is 5.26 Å². The number of carbonyl (C=O) groups is 2. The topological polar surface area (TPSA) is 134 Å². The summed E-state index contributed by atoms with van der Waals surface area (Å²) in [6.45, 7) is 0.655. The van der Waals surface area contributed by atoms with Crippen molar-refractivity contribution >= 4 is 39.4 Å². The molecule has 0 saturated carbocycles. The van der Waals surface area contributed by atoms with Gasteiger partial charge in [0.1, 0.15) is 17.5 Å². The molecular formula is C21H22BrClFN5O4. The molecule has 1 aliphatic heterocycles. The van der Waals surface area contributed by atoms with E-state index in [1.54, 1.807) is 6.07 Å². The van der Waals surface area contributed by atoms with Crippen LogP contribution >= 0.6 is 27.5 Å². The standard InChI is InChI=1S/C21H22BrClFN5O4/c1-33-19(31)8-16-13(20(26)32)10-29(27-16)21(2-4-25)3-5-28(11-18(21)24)9-12-6-17(30)14(22)7-15(12)23/h6-7,10,18,30H,2-3,5,8-9,11H2,1H3,(H2,26,32). The Morgan fingerprint density at radius 3 is 2.85 bits per heavy atom. The Bertz CT molecular complexity index is 1120. The van der Waals surface area contributed by atoms with Gasteiger partial charge in [-0.25, -0.2) is 4.39 Å². The fourth-order valence-corrected chi connectivity index (χ4v) is 4.64. The highest BCUT2D eigenvalue weighted by atomic mass is 79.9. The minimum Gasteiger partial charge on any atom is -0.507 e. The van der Waals surface area contributed by atoms with Crippen LogP contribution in [0.4, 0.5) is 4.39 Å². The molecule has 2 atom stereocenters. The number of ether oxygens (including phenoxy) is 1. The van der Waals surface area contributed by atoms with Crippen LogP contribution < -0.4 is 5.73 Å². The summed E-state index contributed by atoms with van der Waals surface area (Å²) in [5, 5.41) is 24.1. The Morgan fingerprint density at radius 2 is 2.24 bits per heavy atom. The number of halogens is 3. The first-order valence-corrected chi connectivity index (χ1v) is 11.1. The highest BCUT2D eigenvalue weighted by Crippen LogP contribution is 2.38. The van der Waals surface area contributed by atoms with Gasteiger partial charge in [0.15, 0.2) is 0 Å². The number of benzene rings is 1. The minimum atomic E-state index is -1.53. The maximum absolute atomic E-state index is 15.7. The second kappa shape index (κ2) is 10.1. The summed E-state index contributed by atoms with van der Waals surface area (Å²) in [5.74, 6) is -1.42. The van der Waals surface area contributed by atoms with Crippen LogP contribution in [0, 0.1) is 11.3 Å². The average molecular weight is 543 g/mol. The molecule has 0 radical (unpaired) electrons. The molecule has 0 bridgehead atoms. The highest BCUT2D eigenvalue weighted by molar-refractivity contribution is 9.10. The first-order chi connectivity index (χ1) is 15.6. The van der Waals surface area contributed by atoms with Crippen LogP contribution in [-0.2, 0) is 28.0 Å². The van der Waals surface area contributed by atoms with Gasteiger partial charge in [-0.3, -0.25) is 19.2 Å². The Morgan fingerprint density at radius 1 is 1.52 bits per heavy atom. The monoisotopic (exact) mass is 541 g/mol. The lowest BCUT2D eigenvalue weighted by molar-refractivity contribution is -0.139. The van der Waals surface area contributed by atoms with Crippen LogP contribution in [0.3, 0.4) is 0 Å². The van der Waals surface area contributed by atoms with Crippen LogP contribution in [0.5, 0.6) is 5.75 Å². The molecule has 1 aromatic heterocycles. The van der Waals surface area contributed by atoms with E-state index >= 15 is 4.39 Å². The predicted molar refractivity (Wildman–Crippen MR) is 120 cm³/mol. The molecule has 1 aromatic carbocycles. The molecule has 2 unspecified atom stereocenters. The molecule has 1 aliphatic rings. The van der Waals surface area contributed by atoms with Crippen molar-refractivity contribution in [1.82, 2.24) is 14.7 Å². The van der Waals surface area contributed by atoms with Gasteiger partial charge >= 0.3 is 5.97 Å². The van der Waals surface area contributed by atoms with Gasteiger partial charge in [-0.05, 0) is 40.0 Å². The lowest BCUT2D eigenvalue weighted by atomic mass is 9.83. The number of nitriles is 1. The van der Waals surface area contributed by atoms with E-state index in [4.69, 9.17) is 17.3 Å². The van der Waals surface area contributed by atoms with Gasteiger partial charge in [0.2, 0.25) is 0 Å². The van der Waals surface area contributed by atoms with E-state index in [1.165, 1.54) is 24.1 Å². The second-order valence-corrected chi connectivity index (χ2v) is 9.10. The van der Waals surface area contributed by atoms with E-state index in [1.807, 2.05) is 11.0 Å². The molecule has 1 fully saturated rings. The quantitative estimate of drug-likeness (QED) is 0.514. The molecule has 3 rings (SSSR count). The molecule has 1 amide bonds. The number of phenolic OH excluding ortho intramolecular Hbond substituents is 1. The van der Waals surface area contributed by atoms with Crippen LogP contribution in [0.1, 0.15) is 34.5 Å². The minimum absolute atomic E-state index is 0.0236. The van der Waals surface area contributed by atoms with Gasteiger partial charge in [-0.2, -0.15) is 10.4 Å². The normalized spacial score (nSPS) is 20.9. The summed E-state index contributed by atoms with van der Waals surface area (Å²) in [6, 6.07) is 5.10. The van der Waals surface area contributed by atoms with Gasteiger partial charge in [0.05, 0.1) is 41.8 Å². The van der Waals surface area contributed by atoms with E-state index in [0.29, 0.717) is 28.1 Å². The Balaban J connectivity index is 1.88. The van der Waals surface area contributed by atoms with E-state index in [9.17, 15) is 20.0 Å². The van der Waals surface area contributed by atoms with Gasteiger partial charge in [-0.1, -0.05) is 11.6 Å². The Hall–Kier alpha value is -2.68. The lowest BCUT2D eigenvalue weighted by Gasteiger charge is -2.43. The van der Waals surface area contributed by atoms with Gasteiger partial charge in [-0.15, -0.1) is 0 Å². The van der Waals surface area contributed by atoms with Gasteiger partial charge in [0, 0.05) is 30.9 Å². The van der Waals surface area contributed by atoms with E-state index in [2.05, 4.69) is 25.8 Å². The number of amides is 1. The molecule has 3 N–H and O–H groups in total. The molecule has 2 heterocycles. The molecule has 0 aliphatic carbocycles. The number of nitrogens with zero attached hydrogens (tertiary/aromatic N) is 4. The number of hydrogen-bond acceptors (Lipinski definition) is 7. The second-order valence-electron chi connectivity index (χ2n) is 7.84. The average Bonchev–Trinajstić information content (AvgIpc) is 3.18. The molecule has 1 saturated heterocycles. The number of rotatable bonds is 7. The SMILES string of the molecule is COC(=O)Cc1nn(C2(CC#N)CCN(Cc3cc(O)c(Br)cc3Cl)CC2F)cc1C(N)=O. The number of piperidine rings is 1. The predicted octanol–water partition coefficient (Wildman–Crippen LogP) is 2.67. The number of alkyl halides is 1. The van der Waals surface area contributed by atoms with E-state index < -0.39 is 23.6 Å². The zero-order chi connectivity index (χ0) is 24.3. The fourth-order valence-electron chi connectivity index (χ4n) is 3.94. The number of likely N-dealkylation sites (tertiary alicyclic amines) is 1. The third kappa shape index (κ3) is 5.13. The van der Waals surface area contributed by atoms with Crippen LogP contribution in [0.25, 0.3) is 0 Å². The Labute approximate surface area is 203 Å². The van der Waals surface area contributed by atoms with Crippen LogP contribution in [-0.4, -0.2) is 58.0 Å². The summed E-state index contributed by atoms with van der Waals surface area (Å²) in [4.78, 5) is 25.4. The molecule has 2 aromatic rings.